The minimum atomic E-state index is -0.631. The zero-order chi connectivity index (χ0) is 19.9. The number of benzene rings is 2. The van der Waals surface area contributed by atoms with Crippen LogP contribution in [0.4, 0.5) is 14.9 Å². The fourth-order valence-corrected chi connectivity index (χ4v) is 3.22. The normalized spacial score (nSPS) is 10.2. The Labute approximate surface area is 166 Å². The molecule has 3 rings (SSSR count). The van der Waals surface area contributed by atoms with Crippen molar-refractivity contribution < 1.29 is 19.1 Å². The second-order valence-corrected chi connectivity index (χ2v) is 6.83. The third-order valence-corrected chi connectivity index (χ3v) is 4.60. The summed E-state index contributed by atoms with van der Waals surface area (Å²) in [7, 11) is 1.27. The molecule has 1 aromatic heterocycles. The number of anilines is 2. The fourth-order valence-electron chi connectivity index (χ4n) is 2.33. The number of hydrogen-bond acceptors (Lipinski definition) is 6. The molecule has 7 nitrogen and oxygen atoms in total. The van der Waals surface area contributed by atoms with Gasteiger partial charge >= 0.3 is 6.09 Å². The van der Waals surface area contributed by atoms with E-state index in [1.807, 2.05) is 61.5 Å². The molecule has 0 atom stereocenters. The van der Waals surface area contributed by atoms with Crippen LogP contribution in [-0.2, 0) is 9.53 Å². The summed E-state index contributed by atoms with van der Waals surface area (Å²) in [5.74, 6) is 0.285. The first kappa shape index (κ1) is 19.4. The van der Waals surface area contributed by atoms with Crippen LogP contribution < -0.4 is 15.4 Å². The van der Waals surface area contributed by atoms with Gasteiger partial charge in [-0.1, -0.05) is 59.4 Å². The molecule has 0 saturated carbocycles. The second-order valence-electron chi connectivity index (χ2n) is 5.83. The summed E-state index contributed by atoms with van der Waals surface area (Å²) in [6.07, 6.45) is -0.631. The SMILES string of the molecule is COC(=O)Nc1nc(-c2ccccc2)c(NC(=O)COc2ccc(C)cc2)s1. The molecule has 0 bridgehead atoms. The van der Waals surface area contributed by atoms with Gasteiger partial charge in [-0.15, -0.1) is 0 Å². The summed E-state index contributed by atoms with van der Waals surface area (Å²) >= 11 is 1.14. The van der Waals surface area contributed by atoms with Crippen molar-refractivity contribution in [3.63, 3.8) is 0 Å². The Morgan fingerprint density at radius 2 is 1.75 bits per heavy atom. The number of aryl methyl sites for hydroxylation is 1. The van der Waals surface area contributed by atoms with Crippen molar-refractivity contribution >= 4 is 33.5 Å². The molecule has 2 aromatic carbocycles. The molecule has 2 N–H and O–H groups in total. The van der Waals surface area contributed by atoms with E-state index in [9.17, 15) is 9.59 Å². The number of ether oxygens (including phenoxy) is 2. The van der Waals surface area contributed by atoms with E-state index in [-0.39, 0.29) is 12.5 Å². The van der Waals surface area contributed by atoms with Crippen molar-refractivity contribution in [3.05, 3.63) is 60.2 Å². The molecule has 0 aliphatic rings. The van der Waals surface area contributed by atoms with E-state index in [4.69, 9.17) is 4.74 Å². The standard InChI is InChI=1S/C20H19N3O4S/c1-13-8-10-15(11-9-13)27-12-16(24)21-18-17(14-6-4-3-5-7-14)22-19(28-18)23-20(25)26-2/h3-11H,12H2,1-2H3,(H,21,24)(H,22,23,25). The van der Waals surface area contributed by atoms with Gasteiger partial charge in [0.15, 0.2) is 11.7 Å². The average Bonchev–Trinajstić information content (AvgIpc) is 3.10. The molecule has 28 heavy (non-hydrogen) atoms. The molecular formula is C20H19N3O4S. The first-order chi connectivity index (χ1) is 13.5. The van der Waals surface area contributed by atoms with E-state index in [2.05, 4.69) is 20.4 Å². The molecule has 0 fully saturated rings. The van der Waals surface area contributed by atoms with Gasteiger partial charge in [0.25, 0.3) is 5.91 Å². The Bertz CT molecular complexity index is 955. The van der Waals surface area contributed by atoms with E-state index >= 15 is 0 Å². The highest BCUT2D eigenvalue weighted by atomic mass is 32.1. The topological polar surface area (TPSA) is 89.5 Å². The molecule has 0 unspecified atom stereocenters. The van der Waals surface area contributed by atoms with Crippen LogP contribution in [0.3, 0.4) is 0 Å². The summed E-state index contributed by atoms with van der Waals surface area (Å²) in [4.78, 5) is 28.2. The number of thiazole rings is 1. The molecular weight excluding hydrogens is 378 g/mol. The predicted octanol–water partition coefficient (Wildman–Crippen LogP) is 4.31. The lowest BCUT2D eigenvalue weighted by Crippen LogP contribution is -2.19. The molecule has 0 aliphatic heterocycles. The van der Waals surface area contributed by atoms with Crippen molar-refractivity contribution in [1.82, 2.24) is 4.98 Å². The number of carbonyl (C=O) groups excluding carboxylic acids is 2. The summed E-state index contributed by atoms with van der Waals surface area (Å²) in [6, 6.07) is 16.8. The first-order valence-corrected chi connectivity index (χ1v) is 9.27. The summed E-state index contributed by atoms with van der Waals surface area (Å²) in [5.41, 5.74) is 2.48. The van der Waals surface area contributed by atoms with Crippen LogP contribution in [0.1, 0.15) is 5.56 Å². The predicted molar refractivity (Wildman–Crippen MR) is 109 cm³/mol. The number of hydrogen-bond donors (Lipinski definition) is 2. The van der Waals surface area contributed by atoms with E-state index in [0.29, 0.717) is 21.6 Å². The Balaban J connectivity index is 1.74. The summed E-state index contributed by atoms with van der Waals surface area (Å²) < 4.78 is 10.1. The van der Waals surface area contributed by atoms with Crippen LogP contribution in [0.15, 0.2) is 54.6 Å². The van der Waals surface area contributed by atoms with Gasteiger partial charge in [0, 0.05) is 5.56 Å². The van der Waals surface area contributed by atoms with Crippen LogP contribution in [0, 0.1) is 6.92 Å². The maximum Gasteiger partial charge on any atom is 0.413 e. The second kappa shape index (κ2) is 9.01. The van der Waals surface area contributed by atoms with Gasteiger partial charge in [-0.2, -0.15) is 0 Å². The monoisotopic (exact) mass is 397 g/mol. The van der Waals surface area contributed by atoms with Gasteiger partial charge in [-0.25, -0.2) is 9.78 Å². The third-order valence-electron chi connectivity index (χ3n) is 3.71. The smallest absolute Gasteiger partial charge is 0.413 e. The zero-order valence-corrected chi connectivity index (χ0v) is 16.2. The van der Waals surface area contributed by atoms with Gasteiger partial charge in [0.05, 0.1) is 7.11 Å². The molecule has 0 saturated heterocycles. The van der Waals surface area contributed by atoms with Crippen molar-refractivity contribution in [3.8, 4) is 17.0 Å². The minimum Gasteiger partial charge on any atom is -0.484 e. The van der Waals surface area contributed by atoms with Crippen molar-refractivity contribution in [2.75, 3.05) is 24.4 Å². The van der Waals surface area contributed by atoms with Crippen LogP contribution >= 0.6 is 11.3 Å². The average molecular weight is 397 g/mol. The highest BCUT2D eigenvalue weighted by Gasteiger charge is 2.17. The highest BCUT2D eigenvalue weighted by Crippen LogP contribution is 2.35. The van der Waals surface area contributed by atoms with Crippen molar-refractivity contribution in [1.29, 1.82) is 0 Å². The maximum absolute atomic E-state index is 12.4. The third kappa shape index (κ3) is 5.08. The van der Waals surface area contributed by atoms with Crippen LogP contribution in [0.25, 0.3) is 11.3 Å². The van der Waals surface area contributed by atoms with E-state index in [1.54, 1.807) is 0 Å². The number of aromatic nitrogens is 1. The number of amides is 2. The van der Waals surface area contributed by atoms with Crippen molar-refractivity contribution in [2.24, 2.45) is 0 Å². The molecule has 2 amide bonds. The maximum atomic E-state index is 12.4. The van der Waals surface area contributed by atoms with Crippen molar-refractivity contribution in [2.45, 2.75) is 6.92 Å². The van der Waals surface area contributed by atoms with Gasteiger partial charge in [-0.3, -0.25) is 10.1 Å². The Morgan fingerprint density at radius 1 is 1.04 bits per heavy atom. The summed E-state index contributed by atoms with van der Waals surface area (Å²) in [6.45, 7) is 1.83. The quantitative estimate of drug-likeness (QED) is 0.647. The van der Waals surface area contributed by atoms with Crippen LogP contribution in [0.2, 0.25) is 0 Å². The Kier molecular flexibility index (Phi) is 6.23. The molecule has 144 valence electrons. The number of nitrogens with zero attached hydrogens (tertiary/aromatic N) is 1. The zero-order valence-electron chi connectivity index (χ0n) is 15.4. The van der Waals surface area contributed by atoms with Gasteiger partial charge in [0.1, 0.15) is 16.4 Å². The van der Waals surface area contributed by atoms with Gasteiger partial charge in [0.2, 0.25) is 0 Å². The minimum absolute atomic E-state index is 0.144. The Morgan fingerprint density at radius 3 is 2.43 bits per heavy atom. The molecule has 0 spiro atoms. The Hall–Kier alpha value is -3.39. The number of methoxy groups -OCH3 is 1. The molecule has 8 heteroatoms. The molecule has 1 heterocycles. The lowest BCUT2D eigenvalue weighted by molar-refractivity contribution is -0.118. The number of nitrogens with one attached hydrogen (secondary N) is 2. The molecule has 0 aliphatic carbocycles. The largest absolute Gasteiger partial charge is 0.484 e. The van der Waals surface area contributed by atoms with Gasteiger partial charge < -0.3 is 14.8 Å². The van der Waals surface area contributed by atoms with E-state index < -0.39 is 6.09 Å². The molecule has 0 radical (unpaired) electrons. The number of rotatable bonds is 6. The van der Waals surface area contributed by atoms with Crippen LogP contribution in [0.5, 0.6) is 5.75 Å². The van der Waals surface area contributed by atoms with Crippen LogP contribution in [-0.4, -0.2) is 30.7 Å². The highest BCUT2D eigenvalue weighted by molar-refractivity contribution is 7.20. The van der Waals surface area contributed by atoms with E-state index in [1.165, 1.54) is 7.11 Å². The lowest BCUT2D eigenvalue weighted by atomic mass is 10.2. The molecule has 3 aromatic rings. The first-order valence-electron chi connectivity index (χ1n) is 8.45. The number of carbonyl (C=O) groups is 2. The summed E-state index contributed by atoms with van der Waals surface area (Å²) in [5, 5.41) is 6.15. The lowest BCUT2D eigenvalue weighted by Gasteiger charge is -2.07. The fraction of sp³-hybridized carbons (Fsp3) is 0.150. The van der Waals surface area contributed by atoms with E-state index in [0.717, 1.165) is 22.5 Å². The van der Waals surface area contributed by atoms with Gasteiger partial charge in [-0.05, 0) is 19.1 Å².